The first-order chi connectivity index (χ1) is 9.62. The normalized spacial score (nSPS) is 11.3. The second kappa shape index (κ2) is 4.40. The topological polar surface area (TPSA) is 112 Å². The molecule has 0 atom stereocenters. The summed E-state index contributed by atoms with van der Waals surface area (Å²) in [5, 5.41) is 13.0. The second-order valence-electron chi connectivity index (χ2n) is 4.01. The molecule has 2 N–H and O–H groups in total. The number of para-hydroxylation sites is 1. The standard InChI is InChI=1S/C12H8N4O3S/c13-4-8-5-14-12-10(8)2-1-3-11(12)16-20(17,18)9-6-15-19-7-9/h1-3,5-7,14,16H. The van der Waals surface area contributed by atoms with E-state index >= 15 is 0 Å². The first kappa shape index (κ1) is 12.3. The fourth-order valence-corrected chi connectivity index (χ4v) is 2.79. The highest BCUT2D eigenvalue weighted by molar-refractivity contribution is 7.92. The van der Waals surface area contributed by atoms with E-state index in [1.165, 1.54) is 6.20 Å². The molecule has 0 aliphatic rings. The minimum Gasteiger partial charge on any atom is -0.363 e. The molecule has 1 aromatic carbocycles. The van der Waals surface area contributed by atoms with Crippen LogP contribution >= 0.6 is 0 Å². The Labute approximate surface area is 113 Å². The number of anilines is 1. The molecule has 0 bridgehead atoms. The van der Waals surface area contributed by atoms with Crippen LogP contribution in [0.3, 0.4) is 0 Å². The molecule has 0 aliphatic heterocycles. The first-order valence-electron chi connectivity index (χ1n) is 5.54. The molecule has 7 nitrogen and oxygen atoms in total. The van der Waals surface area contributed by atoms with Crippen molar-refractivity contribution in [1.29, 1.82) is 5.26 Å². The minimum atomic E-state index is -3.77. The third-order valence-electron chi connectivity index (χ3n) is 2.80. The zero-order valence-corrected chi connectivity index (χ0v) is 10.8. The average Bonchev–Trinajstić information content (AvgIpc) is 3.08. The Morgan fingerprint density at radius 2 is 2.25 bits per heavy atom. The highest BCUT2D eigenvalue weighted by Crippen LogP contribution is 2.26. The van der Waals surface area contributed by atoms with Crippen molar-refractivity contribution in [2.24, 2.45) is 0 Å². The van der Waals surface area contributed by atoms with E-state index in [1.54, 1.807) is 18.2 Å². The number of hydrogen-bond donors (Lipinski definition) is 2. The molecule has 3 aromatic rings. The summed E-state index contributed by atoms with van der Waals surface area (Å²) in [7, 11) is -3.77. The van der Waals surface area contributed by atoms with Gasteiger partial charge in [0.1, 0.15) is 17.2 Å². The molecule has 0 saturated heterocycles. The first-order valence-corrected chi connectivity index (χ1v) is 7.02. The Balaban J connectivity index is 2.09. The molecule has 0 saturated carbocycles. The van der Waals surface area contributed by atoms with Gasteiger partial charge in [0.15, 0.2) is 0 Å². The lowest BCUT2D eigenvalue weighted by Crippen LogP contribution is -2.12. The van der Waals surface area contributed by atoms with E-state index in [9.17, 15) is 8.42 Å². The molecule has 2 heterocycles. The number of fused-ring (bicyclic) bond motifs is 1. The molecule has 0 radical (unpaired) electrons. The third kappa shape index (κ3) is 1.90. The summed E-state index contributed by atoms with van der Waals surface area (Å²) in [6, 6.07) is 7.04. The van der Waals surface area contributed by atoms with Crippen molar-refractivity contribution in [3.63, 3.8) is 0 Å². The average molecular weight is 288 g/mol. The van der Waals surface area contributed by atoms with Gasteiger partial charge in [-0.25, -0.2) is 8.42 Å². The number of aromatic amines is 1. The largest absolute Gasteiger partial charge is 0.363 e. The number of nitrogens with one attached hydrogen (secondary N) is 2. The van der Waals surface area contributed by atoms with Crippen LogP contribution in [0.15, 0.2) is 46.3 Å². The van der Waals surface area contributed by atoms with E-state index in [0.29, 0.717) is 22.2 Å². The van der Waals surface area contributed by atoms with E-state index < -0.39 is 10.0 Å². The van der Waals surface area contributed by atoms with Crippen LogP contribution in [-0.4, -0.2) is 18.6 Å². The van der Waals surface area contributed by atoms with Crippen LogP contribution in [0.2, 0.25) is 0 Å². The monoisotopic (exact) mass is 288 g/mol. The van der Waals surface area contributed by atoms with Gasteiger partial charge in [0, 0.05) is 11.6 Å². The molecule has 3 rings (SSSR count). The number of benzene rings is 1. The number of nitrogens with zero attached hydrogens (tertiary/aromatic N) is 2. The maximum atomic E-state index is 12.1. The van der Waals surface area contributed by atoms with Gasteiger partial charge in [-0.15, -0.1) is 0 Å². The van der Waals surface area contributed by atoms with Crippen molar-refractivity contribution in [2.75, 3.05) is 4.72 Å². The fourth-order valence-electron chi connectivity index (χ4n) is 1.86. The van der Waals surface area contributed by atoms with Crippen molar-refractivity contribution in [1.82, 2.24) is 10.1 Å². The van der Waals surface area contributed by atoms with Crippen LogP contribution < -0.4 is 4.72 Å². The molecule has 100 valence electrons. The van der Waals surface area contributed by atoms with E-state index in [4.69, 9.17) is 5.26 Å². The summed E-state index contributed by atoms with van der Waals surface area (Å²) >= 11 is 0. The predicted molar refractivity (Wildman–Crippen MR) is 70.3 cm³/mol. The highest BCUT2D eigenvalue weighted by atomic mass is 32.2. The zero-order chi connectivity index (χ0) is 14.2. The van der Waals surface area contributed by atoms with Gasteiger partial charge in [0.05, 0.1) is 23.0 Å². The molecule has 0 amide bonds. The molecule has 8 heteroatoms. The molecule has 2 aromatic heterocycles. The van der Waals surface area contributed by atoms with E-state index in [0.717, 1.165) is 12.5 Å². The highest BCUT2D eigenvalue weighted by Gasteiger charge is 2.18. The number of sulfonamides is 1. The number of rotatable bonds is 3. The maximum absolute atomic E-state index is 12.1. The summed E-state index contributed by atoms with van der Waals surface area (Å²) in [4.78, 5) is 2.82. The number of hydrogen-bond acceptors (Lipinski definition) is 5. The van der Waals surface area contributed by atoms with Crippen molar-refractivity contribution in [2.45, 2.75) is 4.90 Å². The van der Waals surface area contributed by atoms with Gasteiger partial charge >= 0.3 is 0 Å². The molecule has 0 spiro atoms. The Kier molecular flexibility index (Phi) is 2.69. The van der Waals surface area contributed by atoms with Gasteiger partial charge in [0.25, 0.3) is 10.0 Å². The Morgan fingerprint density at radius 3 is 2.95 bits per heavy atom. The summed E-state index contributed by atoms with van der Waals surface area (Å²) in [6.45, 7) is 0. The quantitative estimate of drug-likeness (QED) is 0.763. The van der Waals surface area contributed by atoms with Gasteiger partial charge in [-0.2, -0.15) is 5.26 Å². The molecule has 0 unspecified atom stereocenters. The van der Waals surface area contributed by atoms with Gasteiger partial charge < -0.3 is 9.51 Å². The lowest BCUT2D eigenvalue weighted by molar-refractivity contribution is 0.417. The third-order valence-corrected chi connectivity index (χ3v) is 4.11. The van der Waals surface area contributed by atoms with E-state index in [1.807, 2.05) is 6.07 Å². The predicted octanol–water partition coefficient (Wildman–Crippen LogP) is 1.83. The van der Waals surface area contributed by atoms with E-state index in [2.05, 4.69) is 19.4 Å². The molecular formula is C12H8N4O3S. The molecule has 20 heavy (non-hydrogen) atoms. The van der Waals surface area contributed by atoms with Crippen molar-refractivity contribution < 1.29 is 12.9 Å². The minimum absolute atomic E-state index is 0.0680. The van der Waals surface area contributed by atoms with Crippen molar-refractivity contribution in [3.05, 3.63) is 42.4 Å². The van der Waals surface area contributed by atoms with Crippen LogP contribution in [0, 0.1) is 11.3 Å². The van der Waals surface area contributed by atoms with Crippen LogP contribution in [0.1, 0.15) is 5.56 Å². The van der Waals surface area contributed by atoms with Gasteiger partial charge in [-0.05, 0) is 6.07 Å². The van der Waals surface area contributed by atoms with Crippen LogP contribution in [0.4, 0.5) is 5.69 Å². The Bertz CT molecular complexity index is 904. The SMILES string of the molecule is N#Cc1c[nH]c2c(NS(=O)(=O)c3cnoc3)cccc12. The number of aromatic nitrogens is 2. The zero-order valence-electron chi connectivity index (χ0n) is 9.99. The van der Waals surface area contributed by atoms with Gasteiger partial charge in [-0.3, -0.25) is 4.72 Å². The Morgan fingerprint density at radius 1 is 1.40 bits per heavy atom. The fraction of sp³-hybridized carbons (Fsp3) is 0. The van der Waals surface area contributed by atoms with E-state index in [-0.39, 0.29) is 4.90 Å². The summed E-state index contributed by atoms with van der Waals surface area (Å²) in [6.07, 6.45) is 3.68. The number of H-pyrrole nitrogens is 1. The lowest BCUT2D eigenvalue weighted by atomic mass is 10.2. The Hall–Kier alpha value is -2.79. The van der Waals surface area contributed by atoms with Gasteiger partial charge in [-0.1, -0.05) is 17.3 Å². The number of nitriles is 1. The van der Waals surface area contributed by atoms with Crippen molar-refractivity contribution in [3.8, 4) is 6.07 Å². The van der Waals surface area contributed by atoms with Crippen LogP contribution in [-0.2, 0) is 10.0 Å². The van der Waals surface area contributed by atoms with Gasteiger partial charge in [0.2, 0.25) is 0 Å². The summed E-state index contributed by atoms with van der Waals surface area (Å²) < 4.78 is 31.1. The van der Waals surface area contributed by atoms with Crippen LogP contribution in [0.5, 0.6) is 0 Å². The van der Waals surface area contributed by atoms with Crippen LogP contribution in [0.25, 0.3) is 10.9 Å². The lowest BCUT2D eigenvalue weighted by Gasteiger charge is -2.06. The summed E-state index contributed by atoms with van der Waals surface area (Å²) in [5.41, 5.74) is 1.35. The molecule has 0 fully saturated rings. The second-order valence-corrected chi connectivity index (χ2v) is 5.69. The summed E-state index contributed by atoms with van der Waals surface area (Å²) in [5.74, 6) is 0. The molecule has 0 aliphatic carbocycles. The maximum Gasteiger partial charge on any atom is 0.266 e. The molecular weight excluding hydrogens is 280 g/mol. The van der Waals surface area contributed by atoms with Crippen molar-refractivity contribution >= 4 is 26.6 Å². The smallest absolute Gasteiger partial charge is 0.266 e.